The number of likely N-dealkylation sites (N-methyl/N-ethyl adjacent to an activating group) is 1. The molecule has 0 spiro atoms. The zero-order chi connectivity index (χ0) is 15.5. The molecule has 0 aliphatic carbocycles. The summed E-state index contributed by atoms with van der Waals surface area (Å²) >= 11 is 3.21. The van der Waals surface area contributed by atoms with E-state index in [0.29, 0.717) is 4.47 Å². The number of carboxylic acids is 1. The maximum atomic E-state index is 12.1. The Morgan fingerprint density at radius 3 is 2.50 bits per heavy atom. The van der Waals surface area contributed by atoms with Crippen molar-refractivity contribution in [3.05, 3.63) is 28.2 Å². The highest BCUT2D eigenvalue weighted by molar-refractivity contribution is 9.10. The number of aliphatic hydroxyl groups is 1. The number of anilines is 1. The molecule has 0 aromatic heterocycles. The van der Waals surface area contributed by atoms with Gasteiger partial charge in [-0.2, -0.15) is 0 Å². The topological polar surface area (TPSA) is 89.9 Å². The number of carboxylic acid groups (broad SMARTS) is 1. The van der Waals surface area contributed by atoms with Gasteiger partial charge in [0.15, 0.2) is 0 Å². The summed E-state index contributed by atoms with van der Waals surface area (Å²) in [4.78, 5) is 24.6. The first-order valence-corrected chi connectivity index (χ1v) is 6.67. The van der Waals surface area contributed by atoms with Crippen LogP contribution in [-0.4, -0.2) is 46.3 Å². The molecule has 7 heteroatoms. The lowest BCUT2D eigenvalue weighted by atomic mass is 10.1. The van der Waals surface area contributed by atoms with Crippen LogP contribution in [0.15, 0.2) is 22.7 Å². The highest BCUT2D eigenvalue weighted by Crippen LogP contribution is 2.27. The molecule has 1 rings (SSSR count). The fourth-order valence-corrected chi connectivity index (χ4v) is 1.87. The van der Waals surface area contributed by atoms with Crippen LogP contribution in [0.4, 0.5) is 10.5 Å². The molecule has 0 radical (unpaired) electrons. The van der Waals surface area contributed by atoms with E-state index in [0.717, 1.165) is 0 Å². The zero-order valence-electron chi connectivity index (χ0n) is 11.5. The number of nitrogens with zero attached hydrogens (tertiary/aromatic N) is 1. The van der Waals surface area contributed by atoms with Crippen molar-refractivity contribution < 1.29 is 19.8 Å². The minimum atomic E-state index is -1.13. The molecule has 6 nitrogen and oxygen atoms in total. The lowest BCUT2D eigenvalue weighted by Crippen LogP contribution is -2.49. The third-order valence-corrected chi connectivity index (χ3v) is 3.74. The van der Waals surface area contributed by atoms with E-state index >= 15 is 0 Å². The van der Waals surface area contributed by atoms with Gasteiger partial charge < -0.3 is 20.4 Å². The Morgan fingerprint density at radius 2 is 2.00 bits per heavy atom. The number of carbonyl (C=O) groups is 2. The molecule has 2 amide bonds. The molecular weight excluding hydrogens is 328 g/mol. The summed E-state index contributed by atoms with van der Waals surface area (Å²) in [5.74, 6) is -1.13. The standard InChI is InChI=1S/C13H17BrN2O4/c1-13(2,7-17)16(3)12(20)15-10-8(11(18)19)5-4-6-9(10)14/h4-6,17H,7H2,1-3H3,(H,15,20)(H,18,19). The molecule has 0 saturated carbocycles. The Hall–Kier alpha value is -1.60. The largest absolute Gasteiger partial charge is 0.478 e. The van der Waals surface area contributed by atoms with Crippen LogP contribution in [0.3, 0.4) is 0 Å². The number of hydrogen-bond donors (Lipinski definition) is 3. The molecule has 0 atom stereocenters. The summed E-state index contributed by atoms with van der Waals surface area (Å²) in [6.07, 6.45) is 0. The lowest BCUT2D eigenvalue weighted by molar-refractivity contribution is 0.0698. The zero-order valence-corrected chi connectivity index (χ0v) is 13.1. The highest BCUT2D eigenvalue weighted by Gasteiger charge is 2.28. The normalized spacial score (nSPS) is 11.1. The SMILES string of the molecule is CN(C(=O)Nc1c(Br)cccc1C(=O)O)C(C)(C)CO. The van der Waals surface area contributed by atoms with E-state index in [-0.39, 0.29) is 17.9 Å². The maximum absolute atomic E-state index is 12.1. The molecule has 20 heavy (non-hydrogen) atoms. The van der Waals surface area contributed by atoms with Crippen LogP contribution in [0.25, 0.3) is 0 Å². The van der Waals surface area contributed by atoms with Gasteiger partial charge in [0.05, 0.1) is 23.4 Å². The Balaban J connectivity index is 3.05. The molecule has 0 unspecified atom stereocenters. The number of aliphatic hydroxyl groups excluding tert-OH is 1. The minimum Gasteiger partial charge on any atom is -0.478 e. The van der Waals surface area contributed by atoms with Gasteiger partial charge in [-0.15, -0.1) is 0 Å². The second kappa shape index (κ2) is 6.23. The van der Waals surface area contributed by atoms with Gasteiger partial charge in [0.2, 0.25) is 0 Å². The van der Waals surface area contributed by atoms with E-state index in [1.54, 1.807) is 26.0 Å². The van der Waals surface area contributed by atoms with Crippen LogP contribution in [0, 0.1) is 0 Å². The van der Waals surface area contributed by atoms with Gasteiger partial charge in [-0.05, 0) is 41.9 Å². The van der Waals surface area contributed by atoms with Gasteiger partial charge in [-0.25, -0.2) is 9.59 Å². The van der Waals surface area contributed by atoms with Crippen molar-refractivity contribution in [3.63, 3.8) is 0 Å². The van der Waals surface area contributed by atoms with Crippen LogP contribution in [0.5, 0.6) is 0 Å². The Morgan fingerprint density at radius 1 is 1.40 bits per heavy atom. The second-order valence-corrected chi connectivity index (χ2v) is 5.78. The number of hydrogen-bond acceptors (Lipinski definition) is 3. The van der Waals surface area contributed by atoms with Crippen molar-refractivity contribution in [2.24, 2.45) is 0 Å². The van der Waals surface area contributed by atoms with Crippen LogP contribution in [-0.2, 0) is 0 Å². The molecule has 3 N–H and O–H groups in total. The second-order valence-electron chi connectivity index (χ2n) is 4.93. The molecule has 1 aromatic carbocycles. The van der Waals surface area contributed by atoms with E-state index in [2.05, 4.69) is 21.2 Å². The average Bonchev–Trinajstić information content (AvgIpc) is 2.39. The number of halogens is 1. The number of carbonyl (C=O) groups excluding carboxylic acids is 1. The van der Waals surface area contributed by atoms with E-state index in [9.17, 15) is 14.7 Å². The van der Waals surface area contributed by atoms with Crippen molar-refractivity contribution in [3.8, 4) is 0 Å². The molecule has 0 aliphatic heterocycles. The monoisotopic (exact) mass is 344 g/mol. The van der Waals surface area contributed by atoms with Gasteiger partial charge >= 0.3 is 12.0 Å². The predicted octanol–water partition coefficient (Wildman–Crippen LogP) is 2.38. The Bertz CT molecular complexity index is 531. The minimum absolute atomic E-state index is 0.0112. The number of benzene rings is 1. The van der Waals surface area contributed by atoms with Gasteiger partial charge in [-0.1, -0.05) is 6.07 Å². The number of nitrogens with one attached hydrogen (secondary N) is 1. The van der Waals surface area contributed by atoms with Crippen molar-refractivity contribution in [2.45, 2.75) is 19.4 Å². The molecular formula is C13H17BrN2O4. The fourth-order valence-electron chi connectivity index (χ4n) is 1.40. The van der Waals surface area contributed by atoms with Crippen molar-refractivity contribution >= 4 is 33.6 Å². The number of amides is 2. The summed E-state index contributed by atoms with van der Waals surface area (Å²) in [6, 6.07) is 4.11. The van der Waals surface area contributed by atoms with E-state index < -0.39 is 17.5 Å². The van der Waals surface area contributed by atoms with Crippen molar-refractivity contribution in [1.29, 1.82) is 0 Å². The third-order valence-electron chi connectivity index (χ3n) is 3.08. The summed E-state index contributed by atoms with van der Waals surface area (Å²) in [6.45, 7) is 3.19. The van der Waals surface area contributed by atoms with Crippen LogP contribution in [0.2, 0.25) is 0 Å². The van der Waals surface area contributed by atoms with Gasteiger partial charge in [0.25, 0.3) is 0 Å². The molecule has 0 bridgehead atoms. The first kappa shape index (κ1) is 16.5. The highest BCUT2D eigenvalue weighted by atomic mass is 79.9. The number of urea groups is 1. The molecule has 0 saturated heterocycles. The van der Waals surface area contributed by atoms with Crippen molar-refractivity contribution in [1.82, 2.24) is 4.90 Å². The number of para-hydroxylation sites is 1. The van der Waals surface area contributed by atoms with Crippen LogP contribution < -0.4 is 5.32 Å². The Kier molecular flexibility index (Phi) is 5.13. The van der Waals surface area contributed by atoms with Crippen molar-refractivity contribution in [2.75, 3.05) is 19.0 Å². The van der Waals surface area contributed by atoms with Gasteiger partial charge in [0.1, 0.15) is 0 Å². The van der Waals surface area contributed by atoms with Gasteiger partial charge in [0, 0.05) is 11.5 Å². The smallest absolute Gasteiger partial charge is 0.337 e. The summed E-state index contributed by atoms with van der Waals surface area (Å²) < 4.78 is 0.473. The maximum Gasteiger partial charge on any atom is 0.337 e. The fraction of sp³-hybridized carbons (Fsp3) is 0.385. The molecule has 0 fully saturated rings. The van der Waals surface area contributed by atoms with E-state index in [1.807, 2.05) is 0 Å². The molecule has 1 aromatic rings. The predicted molar refractivity (Wildman–Crippen MR) is 79.0 cm³/mol. The average molecular weight is 345 g/mol. The van der Waals surface area contributed by atoms with E-state index in [4.69, 9.17) is 5.11 Å². The number of rotatable bonds is 4. The third kappa shape index (κ3) is 3.49. The summed E-state index contributed by atoms with van der Waals surface area (Å²) in [5, 5.41) is 20.9. The molecule has 110 valence electrons. The number of aromatic carboxylic acids is 1. The van der Waals surface area contributed by atoms with Crippen LogP contribution in [0.1, 0.15) is 24.2 Å². The van der Waals surface area contributed by atoms with Gasteiger partial charge in [-0.3, -0.25) is 0 Å². The first-order chi connectivity index (χ1) is 9.20. The lowest BCUT2D eigenvalue weighted by Gasteiger charge is -2.34. The van der Waals surface area contributed by atoms with Crippen LogP contribution >= 0.6 is 15.9 Å². The summed E-state index contributed by atoms with van der Waals surface area (Å²) in [7, 11) is 1.53. The molecule has 0 heterocycles. The quantitative estimate of drug-likeness (QED) is 0.782. The first-order valence-electron chi connectivity index (χ1n) is 5.88. The Labute approximate surface area is 125 Å². The van der Waals surface area contributed by atoms with E-state index in [1.165, 1.54) is 18.0 Å². The molecule has 0 aliphatic rings. The summed E-state index contributed by atoms with van der Waals surface area (Å²) in [5.41, 5.74) is -0.581.